The molecule has 22 heavy (non-hydrogen) atoms. The Balaban J connectivity index is 1.98. The average Bonchev–Trinajstić information content (AvgIpc) is 2.50. The van der Waals surface area contributed by atoms with Crippen molar-refractivity contribution in [3.63, 3.8) is 0 Å². The van der Waals surface area contributed by atoms with Crippen molar-refractivity contribution >= 4 is 17.3 Å². The minimum absolute atomic E-state index is 0.200. The first kappa shape index (κ1) is 16.2. The molecule has 0 aromatic heterocycles. The van der Waals surface area contributed by atoms with Crippen molar-refractivity contribution in [2.45, 2.75) is 19.3 Å². The van der Waals surface area contributed by atoms with Gasteiger partial charge >= 0.3 is 0 Å². The molecule has 1 fully saturated rings. The van der Waals surface area contributed by atoms with Gasteiger partial charge in [0, 0.05) is 6.54 Å². The minimum atomic E-state index is -0.859. The summed E-state index contributed by atoms with van der Waals surface area (Å²) >= 11 is 0. The number of halogens is 1. The highest BCUT2D eigenvalue weighted by Crippen LogP contribution is 2.26. The number of nitrogens with zero attached hydrogens (tertiary/aromatic N) is 1. The van der Waals surface area contributed by atoms with Crippen LogP contribution in [0.3, 0.4) is 0 Å². The molecule has 0 aliphatic carbocycles. The number of rotatable bonds is 5. The fraction of sp³-hybridized carbons (Fsp3) is 0.500. The Kier molecular flexibility index (Phi) is 5.26. The fourth-order valence-electron chi connectivity index (χ4n) is 2.60. The average molecular weight is 310 g/mol. The summed E-state index contributed by atoms with van der Waals surface area (Å²) in [5, 5.41) is 16.7. The van der Waals surface area contributed by atoms with Gasteiger partial charge in [0.15, 0.2) is 0 Å². The Morgan fingerprint density at radius 3 is 2.95 bits per heavy atom. The van der Waals surface area contributed by atoms with Gasteiger partial charge in [-0.2, -0.15) is 0 Å². The summed E-state index contributed by atoms with van der Waals surface area (Å²) in [4.78, 5) is 22.0. The second-order valence-corrected chi connectivity index (χ2v) is 5.40. The summed E-state index contributed by atoms with van der Waals surface area (Å²) < 4.78 is 13.4. The molecule has 0 saturated carbocycles. The number of benzene rings is 1. The molecule has 1 aromatic rings. The van der Waals surface area contributed by atoms with Gasteiger partial charge < -0.3 is 16.4 Å². The van der Waals surface area contributed by atoms with Crippen LogP contribution in [0.4, 0.5) is 15.8 Å². The predicted octanol–water partition coefficient (Wildman–Crippen LogP) is 1.44. The van der Waals surface area contributed by atoms with E-state index in [1.54, 1.807) is 0 Å². The second-order valence-electron chi connectivity index (χ2n) is 5.40. The van der Waals surface area contributed by atoms with Crippen molar-refractivity contribution in [1.29, 1.82) is 0 Å². The van der Waals surface area contributed by atoms with Gasteiger partial charge in [0.05, 0.1) is 16.6 Å². The van der Waals surface area contributed by atoms with Gasteiger partial charge in [0.1, 0.15) is 11.5 Å². The Labute approximate surface area is 127 Å². The molecule has 1 aliphatic heterocycles. The number of carbonyl (C=O) groups is 1. The molecular weight excluding hydrogens is 291 g/mol. The lowest BCUT2D eigenvalue weighted by Crippen LogP contribution is -2.33. The molecule has 4 N–H and O–H groups in total. The number of hydrogen-bond acceptors (Lipinski definition) is 5. The van der Waals surface area contributed by atoms with Crippen molar-refractivity contribution < 1.29 is 14.1 Å². The first-order valence-corrected chi connectivity index (χ1v) is 7.21. The van der Waals surface area contributed by atoms with Gasteiger partial charge in [0.2, 0.25) is 0 Å². The van der Waals surface area contributed by atoms with Crippen molar-refractivity contribution in [2.24, 2.45) is 5.92 Å². The molecule has 8 heteroatoms. The van der Waals surface area contributed by atoms with E-state index in [2.05, 4.69) is 10.6 Å². The summed E-state index contributed by atoms with van der Waals surface area (Å²) in [6.45, 7) is 2.37. The molecule has 1 aliphatic rings. The lowest BCUT2D eigenvalue weighted by Gasteiger charge is -2.22. The Hall–Kier alpha value is -2.22. The Morgan fingerprint density at radius 1 is 1.55 bits per heavy atom. The number of anilines is 1. The zero-order chi connectivity index (χ0) is 16.1. The van der Waals surface area contributed by atoms with Gasteiger partial charge in [-0.15, -0.1) is 0 Å². The first-order chi connectivity index (χ1) is 10.5. The largest absolute Gasteiger partial charge is 0.393 e. The number of amides is 1. The maximum absolute atomic E-state index is 13.4. The van der Waals surface area contributed by atoms with E-state index in [0.29, 0.717) is 18.5 Å². The maximum atomic E-state index is 13.4. The highest BCUT2D eigenvalue weighted by atomic mass is 19.1. The van der Waals surface area contributed by atoms with Gasteiger partial charge in [0.25, 0.3) is 11.6 Å². The topological polar surface area (TPSA) is 110 Å². The number of piperidine rings is 1. The van der Waals surface area contributed by atoms with Crippen LogP contribution >= 0.6 is 0 Å². The van der Waals surface area contributed by atoms with Crippen LogP contribution in [-0.2, 0) is 0 Å². The van der Waals surface area contributed by atoms with Gasteiger partial charge in [-0.1, -0.05) is 0 Å². The van der Waals surface area contributed by atoms with E-state index in [-0.39, 0.29) is 11.3 Å². The molecule has 1 atom stereocenters. The minimum Gasteiger partial charge on any atom is -0.393 e. The number of nitro benzene ring substituents is 1. The molecule has 7 nitrogen and oxygen atoms in total. The molecule has 1 unspecified atom stereocenters. The SMILES string of the molecule is Nc1c(C(=O)NCCC2CCCNC2)cc(F)cc1[N+](=O)[O-]. The van der Waals surface area contributed by atoms with Crippen LogP contribution in [0.15, 0.2) is 12.1 Å². The van der Waals surface area contributed by atoms with Crippen LogP contribution in [-0.4, -0.2) is 30.5 Å². The molecule has 0 radical (unpaired) electrons. The fourth-order valence-corrected chi connectivity index (χ4v) is 2.60. The van der Waals surface area contributed by atoms with E-state index >= 15 is 0 Å². The predicted molar refractivity (Wildman–Crippen MR) is 80.0 cm³/mol. The van der Waals surface area contributed by atoms with Crippen molar-refractivity contribution in [3.05, 3.63) is 33.6 Å². The van der Waals surface area contributed by atoms with Crippen molar-refractivity contribution in [3.8, 4) is 0 Å². The molecule has 0 spiro atoms. The van der Waals surface area contributed by atoms with Crippen LogP contribution in [0, 0.1) is 21.8 Å². The normalized spacial score (nSPS) is 18.0. The van der Waals surface area contributed by atoms with E-state index < -0.39 is 22.3 Å². The Morgan fingerprint density at radius 2 is 2.32 bits per heavy atom. The number of carbonyl (C=O) groups excluding carboxylic acids is 1. The zero-order valence-electron chi connectivity index (χ0n) is 12.1. The quantitative estimate of drug-likeness (QED) is 0.433. The number of nitrogen functional groups attached to an aromatic ring is 1. The summed E-state index contributed by atoms with van der Waals surface area (Å²) in [6.07, 6.45) is 3.02. The summed E-state index contributed by atoms with van der Waals surface area (Å²) in [7, 11) is 0. The second kappa shape index (κ2) is 7.17. The summed E-state index contributed by atoms with van der Waals surface area (Å²) in [6, 6.07) is 1.62. The lowest BCUT2D eigenvalue weighted by molar-refractivity contribution is -0.384. The summed E-state index contributed by atoms with van der Waals surface area (Å²) in [5.74, 6) is -0.959. The molecule has 1 heterocycles. The van der Waals surface area contributed by atoms with E-state index in [9.17, 15) is 19.3 Å². The molecule has 1 amide bonds. The molecule has 1 saturated heterocycles. The highest BCUT2D eigenvalue weighted by molar-refractivity contribution is 6.01. The van der Waals surface area contributed by atoms with Crippen LogP contribution < -0.4 is 16.4 Å². The molecule has 120 valence electrons. The third-order valence-corrected chi connectivity index (χ3v) is 3.80. The number of nitrogens with two attached hydrogens (primary N) is 1. The number of hydrogen-bond donors (Lipinski definition) is 3. The summed E-state index contributed by atoms with van der Waals surface area (Å²) in [5.41, 5.74) is 4.48. The monoisotopic (exact) mass is 310 g/mol. The molecule has 0 bridgehead atoms. The van der Waals surface area contributed by atoms with E-state index in [1.165, 1.54) is 0 Å². The standard InChI is InChI=1S/C14H19FN4O3/c15-10-6-11(13(16)12(7-10)19(21)22)14(20)18-5-3-9-2-1-4-17-8-9/h6-7,9,17H,1-5,8,16H2,(H,18,20). The number of nitrogens with one attached hydrogen (secondary N) is 2. The van der Waals surface area contributed by atoms with E-state index in [0.717, 1.165) is 38.4 Å². The van der Waals surface area contributed by atoms with E-state index in [4.69, 9.17) is 5.73 Å². The molecule has 2 rings (SSSR count). The number of nitro groups is 1. The first-order valence-electron chi connectivity index (χ1n) is 7.21. The smallest absolute Gasteiger partial charge is 0.295 e. The van der Waals surface area contributed by atoms with E-state index in [1.807, 2.05) is 0 Å². The van der Waals surface area contributed by atoms with Crippen molar-refractivity contribution in [2.75, 3.05) is 25.4 Å². The zero-order valence-corrected chi connectivity index (χ0v) is 12.1. The van der Waals surface area contributed by atoms with Crippen LogP contribution in [0.2, 0.25) is 0 Å². The maximum Gasteiger partial charge on any atom is 0.295 e. The third-order valence-electron chi connectivity index (χ3n) is 3.80. The van der Waals surface area contributed by atoms with Crippen LogP contribution in [0.25, 0.3) is 0 Å². The van der Waals surface area contributed by atoms with Gasteiger partial charge in [-0.3, -0.25) is 14.9 Å². The van der Waals surface area contributed by atoms with Crippen LogP contribution in [0.1, 0.15) is 29.6 Å². The molecular formula is C14H19FN4O3. The van der Waals surface area contributed by atoms with Crippen molar-refractivity contribution in [1.82, 2.24) is 10.6 Å². The molecule has 1 aromatic carbocycles. The third kappa shape index (κ3) is 3.91. The lowest BCUT2D eigenvalue weighted by atomic mass is 9.96. The highest BCUT2D eigenvalue weighted by Gasteiger charge is 2.22. The Bertz CT molecular complexity index is 573. The van der Waals surface area contributed by atoms with Gasteiger partial charge in [-0.05, 0) is 44.3 Å². The van der Waals surface area contributed by atoms with Gasteiger partial charge in [-0.25, -0.2) is 4.39 Å². The van der Waals surface area contributed by atoms with Crippen LogP contribution in [0.5, 0.6) is 0 Å².